The average molecular weight is 367 g/mol. The Morgan fingerprint density at radius 1 is 1.20 bits per heavy atom. The van der Waals surface area contributed by atoms with Gasteiger partial charge in [-0.05, 0) is 24.3 Å². The molecule has 1 saturated heterocycles. The monoisotopic (exact) mass is 366 g/mol. The van der Waals surface area contributed by atoms with Crippen molar-refractivity contribution in [3.05, 3.63) is 24.3 Å². The van der Waals surface area contributed by atoms with E-state index in [1.807, 2.05) is 0 Å². The lowest BCUT2D eigenvalue weighted by Crippen LogP contribution is -2.58. The fourth-order valence-corrected chi connectivity index (χ4v) is 2.67. The van der Waals surface area contributed by atoms with E-state index >= 15 is 0 Å². The second-order valence-electron chi connectivity index (χ2n) is 5.54. The first-order valence-corrected chi connectivity index (χ1v) is 8.25. The maximum atomic E-state index is 12.2. The Balaban J connectivity index is 1.99. The lowest BCUT2D eigenvalue weighted by atomic mass is 10.1. The lowest BCUT2D eigenvalue weighted by molar-refractivity contribution is -0.143. The summed E-state index contributed by atoms with van der Waals surface area (Å²) < 4.78 is 0. The fraction of sp³-hybridized carbons (Fsp3) is 0.375. The molecule has 0 bridgehead atoms. The highest BCUT2D eigenvalue weighted by Gasteiger charge is 2.34. The summed E-state index contributed by atoms with van der Waals surface area (Å²) in [5.74, 6) is -1.59. The molecule has 1 aliphatic heterocycles. The number of amides is 4. The van der Waals surface area contributed by atoms with Crippen LogP contribution < -0.4 is 16.0 Å². The molecule has 0 aliphatic carbocycles. The summed E-state index contributed by atoms with van der Waals surface area (Å²) in [7, 11) is 0. The standard InChI is InChI=1S/C16H19ClN4O4/c1-10(22)19-11-2-4-12(5-3-11)20-14(23)8-13-16(25)18-6-7-21(13)15(24)9-17/h2-5,13H,6-9H2,1H3,(H,18,25)(H,19,22)(H,20,23)/t13-/m0/s1. The molecular formula is C16H19ClN4O4. The molecule has 0 radical (unpaired) electrons. The minimum atomic E-state index is -0.876. The van der Waals surface area contributed by atoms with Crippen LogP contribution in [0, 0.1) is 0 Å². The van der Waals surface area contributed by atoms with Gasteiger partial charge >= 0.3 is 0 Å². The van der Waals surface area contributed by atoms with Crippen molar-refractivity contribution in [3.8, 4) is 0 Å². The fourth-order valence-electron chi connectivity index (χ4n) is 2.52. The van der Waals surface area contributed by atoms with E-state index in [2.05, 4.69) is 16.0 Å². The first-order valence-electron chi connectivity index (χ1n) is 7.71. The maximum absolute atomic E-state index is 12.2. The summed E-state index contributed by atoms with van der Waals surface area (Å²) in [5.41, 5.74) is 1.13. The van der Waals surface area contributed by atoms with Crippen LogP contribution in [-0.4, -0.2) is 53.5 Å². The normalized spacial score (nSPS) is 16.8. The molecule has 1 aliphatic rings. The van der Waals surface area contributed by atoms with Crippen molar-refractivity contribution >= 4 is 46.6 Å². The number of rotatable bonds is 5. The van der Waals surface area contributed by atoms with Gasteiger partial charge in [-0.25, -0.2) is 0 Å². The average Bonchev–Trinajstić information content (AvgIpc) is 2.57. The van der Waals surface area contributed by atoms with Crippen molar-refractivity contribution in [1.29, 1.82) is 0 Å². The largest absolute Gasteiger partial charge is 0.353 e. The van der Waals surface area contributed by atoms with Gasteiger partial charge in [0.05, 0.1) is 6.42 Å². The molecule has 2 rings (SSSR count). The summed E-state index contributed by atoms with van der Waals surface area (Å²) in [5, 5.41) is 7.93. The number of nitrogens with zero attached hydrogens (tertiary/aromatic N) is 1. The summed E-state index contributed by atoms with van der Waals surface area (Å²) in [6.45, 7) is 2.06. The molecule has 3 N–H and O–H groups in total. The number of carbonyl (C=O) groups is 4. The predicted molar refractivity (Wildman–Crippen MR) is 93.2 cm³/mol. The highest BCUT2D eigenvalue weighted by Crippen LogP contribution is 2.15. The Bertz CT molecular complexity index is 677. The molecule has 1 fully saturated rings. The summed E-state index contributed by atoms with van der Waals surface area (Å²) in [6.07, 6.45) is -0.165. The van der Waals surface area contributed by atoms with Gasteiger partial charge in [-0.15, -0.1) is 11.6 Å². The van der Waals surface area contributed by atoms with Gasteiger partial charge in [0.1, 0.15) is 11.9 Å². The van der Waals surface area contributed by atoms with Crippen LogP contribution in [0.4, 0.5) is 11.4 Å². The van der Waals surface area contributed by atoms with Crippen LogP contribution >= 0.6 is 11.6 Å². The number of piperazine rings is 1. The molecule has 1 heterocycles. The number of hydrogen-bond acceptors (Lipinski definition) is 4. The number of halogens is 1. The van der Waals surface area contributed by atoms with Crippen LogP contribution in [0.25, 0.3) is 0 Å². The van der Waals surface area contributed by atoms with Crippen LogP contribution in [0.15, 0.2) is 24.3 Å². The Morgan fingerprint density at radius 2 is 1.80 bits per heavy atom. The molecule has 1 aromatic rings. The van der Waals surface area contributed by atoms with E-state index in [0.717, 1.165) is 0 Å². The first-order chi connectivity index (χ1) is 11.9. The number of hydrogen-bond donors (Lipinski definition) is 3. The Hall–Kier alpha value is -2.61. The number of benzene rings is 1. The first kappa shape index (κ1) is 18.7. The topological polar surface area (TPSA) is 108 Å². The molecule has 1 atom stereocenters. The second-order valence-corrected chi connectivity index (χ2v) is 5.81. The number of alkyl halides is 1. The van der Waals surface area contributed by atoms with Crippen LogP contribution in [0.1, 0.15) is 13.3 Å². The molecule has 4 amide bonds. The Kier molecular flexibility index (Phi) is 6.35. The smallest absolute Gasteiger partial charge is 0.243 e. The van der Waals surface area contributed by atoms with Crippen LogP contribution in [0.2, 0.25) is 0 Å². The lowest BCUT2D eigenvalue weighted by Gasteiger charge is -2.34. The summed E-state index contributed by atoms with van der Waals surface area (Å²) >= 11 is 5.56. The van der Waals surface area contributed by atoms with E-state index in [0.29, 0.717) is 24.5 Å². The predicted octanol–water partition coefficient (Wildman–Crippen LogP) is 0.539. The zero-order valence-electron chi connectivity index (χ0n) is 13.7. The Labute approximate surface area is 149 Å². The highest BCUT2D eigenvalue weighted by molar-refractivity contribution is 6.27. The van der Waals surface area contributed by atoms with Crippen molar-refractivity contribution in [1.82, 2.24) is 10.2 Å². The highest BCUT2D eigenvalue weighted by atomic mass is 35.5. The molecule has 1 aromatic carbocycles. The van der Waals surface area contributed by atoms with Crippen molar-refractivity contribution in [2.45, 2.75) is 19.4 Å². The van der Waals surface area contributed by atoms with Gasteiger partial charge in [-0.3, -0.25) is 19.2 Å². The summed E-state index contributed by atoms with van der Waals surface area (Å²) in [4.78, 5) is 48.3. The van der Waals surface area contributed by atoms with E-state index in [9.17, 15) is 19.2 Å². The van der Waals surface area contributed by atoms with Gasteiger partial charge in [0, 0.05) is 31.4 Å². The zero-order valence-corrected chi connectivity index (χ0v) is 14.4. The molecule has 0 saturated carbocycles. The third kappa shape index (κ3) is 5.18. The molecule has 0 spiro atoms. The van der Waals surface area contributed by atoms with E-state index in [4.69, 9.17) is 11.6 Å². The third-order valence-corrected chi connectivity index (χ3v) is 3.86. The zero-order chi connectivity index (χ0) is 18.4. The number of nitrogens with one attached hydrogen (secondary N) is 3. The molecule has 134 valence electrons. The molecule has 8 nitrogen and oxygen atoms in total. The molecule has 0 aromatic heterocycles. The van der Waals surface area contributed by atoms with Crippen LogP contribution in [-0.2, 0) is 19.2 Å². The molecular weight excluding hydrogens is 348 g/mol. The van der Waals surface area contributed by atoms with Crippen molar-refractivity contribution < 1.29 is 19.2 Å². The van der Waals surface area contributed by atoms with Gasteiger partial charge in [0.2, 0.25) is 23.6 Å². The van der Waals surface area contributed by atoms with E-state index in [1.165, 1.54) is 11.8 Å². The second kappa shape index (κ2) is 8.48. The van der Waals surface area contributed by atoms with Gasteiger partial charge in [0.25, 0.3) is 0 Å². The van der Waals surface area contributed by atoms with Crippen molar-refractivity contribution in [2.24, 2.45) is 0 Å². The van der Waals surface area contributed by atoms with Crippen molar-refractivity contribution in [3.63, 3.8) is 0 Å². The van der Waals surface area contributed by atoms with Crippen LogP contribution in [0.3, 0.4) is 0 Å². The Morgan fingerprint density at radius 3 is 2.36 bits per heavy atom. The van der Waals surface area contributed by atoms with Gasteiger partial charge in [-0.2, -0.15) is 0 Å². The number of anilines is 2. The van der Waals surface area contributed by atoms with Gasteiger partial charge in [0.15, 0.2) is 0 Å². The van der Waals surface area contributed by atoms with Crippen molar-refractivity contribution in [2.75, 3.05) is 29.6 Å². The minimum Gasteiger partial charge on any atom is -0.353 e. The molecule has 0 unspecified atom stereocenters. The summed E-state index contributed by atoms with van der Waals surface area (Å²) in [6, 6.07) is 5.68. The third-order valence-electron chi connectivity index (χ3n) is 3.63. The minimum absolute atomic E-state index is 0.165. The quantitative estimate of drug-likeness (QED) is 0.661. The van der Waals surface area contributed by atoms with E-state index < -0.39 is 11.9 Å². The number of carbonyl (C=O) groups excluding carboxylic acids is 4. The molecule has 25 heavy (non-hydrogen) atoms. The van der Waals surface area contributed by atoms with Gasteiger partial charge < -0.3 is 20.9 Å². The van der Waals surface area contributed by atoms with E-state index in [1.54, 1.807) is 24.3 Å². The maximum Gasteiger partial charge on any atom is 0.243 e. The van der Waals surface area contributed by atoms with E-state index in [-0.39, 0.29) is 30.0 Å². The van der Waals surface area contributed by atoms with Gasteiger partial charge in [-0.1, -0.05) is 0 Å². The molecule has 9 heteroatoms. The van der Waals surface area contributed by atoms with Crippen LogP contribution in [0.5, 0.6) is 0 Å². The SMILES string of the molecule is CC(=O)Nc1ccc(NC(=O)C[C@H]2C(=O)NCCN2C(=O)CCl)cc1.